The van der Waals surface area contributed by atoms with E-state index in [2.05, 4.69) is 32.2 Å². The fourth-order valence-corrected chi connectivity index (χ4v) is 1.70. The molecule has 0 aliphatic rings. The third-order valence-corrected chi connectivity index (χ3v) is 2.72. The van der Waals surface area contributed by atoms with Crippen LogP contribution in [0.3, 0.4) is 0 Å². The molecule has 96 valence electrons. The van der Waals surface area contributed by atoms with Crippen LogP contribution in [0.5, 0.6) is 5.75 Å². The van der Waals surface area contributed by atoms with Gasteiger partial charge in [0.1, 0.15) is 5.75 Å². The van der Waals surface area contributed by atoms with E-state index in [-0.39, 0.29) is 0 Å². The van der Waals surface area contributed by atoms with Crippen molar-refractivity contribution in [3.8, 4) is 5.75 Å². The summed E-state index contributed by atoms with van der Waals surface area (Å²) in [5, 5.41) is 3.42. The van der Waals surface area contributed by atoms with E-state index < -0.39 is 0 Å². The van der Waals surface area contributed by atoms with Crippen LogP contribution in [0.15, 0.2) is 24.3 Å². The third-order valence-electron chi connectivity index (χ3n) is 2.72. The first kappa shape index (κ1) is 14.0. The Balaban J connectivity index is 2.03. The molecule has 2 heteroatoms. The van der Waals surface area contributed by atoms with Crippen LogP contribution >= 0.6 is 0 Å². The molecule has 0 saturated carbocycles. The smallest absolute Gasteiger partial charge is 0.122 e. The summed E-state index contributed by atoms with van der Waals surface area (Å²) >= 11 is 0. The fourth-order valence-electron chi connectivity index (χ4n) is 1.70. The summed E-state index contributed by atoms with van der Waals surface area (Å²) in [5.41, 5.74) is 1.22. The quantitative estimate of drug-likeness (QED) is 0.696. The van der Waals surface area contributed by atoms with Crippen LogP contribution in [0.4, 0.5) is 0 Å². The van der Waals surface area contributed by atoms with Gasteiger partial charge in [-0.05, 0) is 44.4 Å². The molecule has 0 aliphatic carbocycles. The number of hydrogen-bond donors (Lipinski definition) is 1. The molecule has 1 aromatic rings. The van der Waals surface area contributed by atoms with Crippen LogP contribution in [-0.4, -0.2) is 19.2 Å². The predicted octanol–water partition coefficient (Wildman–Crippen LogP) is 3.54. The van der Waals surface area contributed by atoms with Gasteiger partial charge in [0.25, 0.3) is 0 Å². The van der Waals surface area contributed by atoms with Gasteiger partial charge in [-0.1, -0.05) is 32.0 Å². The normalized spacial score (nSPS) is 10.8. The van der Waals surface area contributed by atoms with E-state index in [1.165, 1.54) is 18.4 Å². The molecule has 0 saturated heterocycles. The van der Waals surface area contributed by atoms with Crippen molar-refractivity contribution in [1.29, 1.82) is 0 Å². The summed E-state index contributed by atoms with van der Waals surface area (Å²) in [6.07, 6.45) is 3.59. The van der Waals surface area contributed by atoms with Crippen LogP contribution < -0.4 is 10.1 Å². The highest BCUT2D eigenvalue weighted by atomic mass is 16.5. The maximum absolute atomic E-state index is 5.74. The van der Waals surface area contributed by atoms with Gasteiger partial charge in [0.05, 0.1) is 6.61 Å². The van der Waals surface area contributed by atoms with Gasteiger partial charge in [-0.25, -0.2) is 0 Å². The maximum atomic E-state index is 5.74. The molecule has 2 nitrogen and oxygen atoms in total. The Hall–Kier alpha value is -1.02. The van der Waals surface area contributed by atoms with Gasteiger partial charge in [-0.15, -0.1) is 0 Å². The van der Waals surface area contributed by atoms with Gasteiger partial charge < -0.3 is 10.1 Å². The van der Waals surface area contributed by atoms with E-state index in [0.717, 1.165) is 25.3 Å². The lowest BCUT2D eigenvalue weighted by molar-refractivity contribution is 0.302. The first-order chi connectivity index (χ1) is 8.20. The molecule has 0 aliphatic heterocycles. The van der Waals surface area contributed by atoms with E-state index >= 15 is 0 Å². The van der Waals surface area contributed by atoms with Crippen molar-refractivity contribution in [3.63, 3.8) is 0 Å². The second kappa shape index (κ2) is 8.13. The van der Waals surface area contributed by atoms with Crippen LogP contribution in [0.1, 0.15) is 38.7 Å². The molecular formula is C15H25NO. The van der Waals surface area contributed by atoms with Crippen LogP contribution in [0.25, 0.3) is 0 Å². The Labute approximate surface area is 105 Å². The first-order valence-corrected chi connectivity index (χ1v) is 6.62. The summed E-state index contributed by atoms with van der Waals surface area (Å²) in [6.45, 7) is 8.39. The van der Waals surface area contributed by atoms with E-state index in [9.17, 15) is 0 Å². The van der Waals surface area contributed by atoms with Crippen molar-refractivity contribution in [2.45, 2.75) is 46.1 Å². The monoisotopic (exact) mass is 235 g/mol. The topological polar surface area (TPSA) is 21.3 Å². The standard InChI is InChI=1S/C15H25NO/c1-13(2)16-11-7-4-8-12-17-15-10-6-5-9-14(15)3/h5-6,9-10,13,16H,4,7-8,11-12H2,1-3H3. The van der Waals surface area contributed by atoms with Crippen molar-refractivity contribution in [1.82, 2.24) is 5.32 Å². The molecular weight excluding hydrogens is 210 g/mol. The highest BCUT2D eigenvalue weighted by molar-refractivity contribution is 5.31. The Morgan fingerprint density at radius 3 is 2.59 bits per heavy atom. The molecule has 0 spiro atoms. The molecule has 1 aromatic carbocycles. The highest BCUT2D eigenvalue weighted by Gasteiger charge is 1.97. The molecule has 0 amide bonds. The number of benzene rings is 1. The predicted molar refractivity (Wildman–Crippen MR) is 73.7 cm³/mol. The molecule has 0 radical (unpaired) electrons. The van der Waals surface area contributed by atoms with Gasteiger partial charge >= 0.3 is 0 Å². The molecule has 0 atom stereocenters. The zero-order chi connectivity index (χ0) is 12.5. The number of aryl methyl sites for hydroxylation is 1. The minimum absolute atomic E-state index is 0.596. The van der Waals surface area contributed by atoms with E-state index in [1.54, 1.807) is 0 Å². The van der Waals surface area contributed by atoms with Crippen molar-refractivity contribution >= 4 is 0 Å². The molecule has 1 rings (SSSR count). The van der Waals surface area contributed by atoms with Crippen molar-refractivity contribution in [2.75, 3.05) is 13.2 Å². The van der Waals surface area contributed by atoms with Gasteiger partial charge in [-0.2, -0.15) is 0 Å². The molecule has 0 fully saturated rings. The number of hydrogen-bond acceptors (Lipinski definition) is 2. The fraction of sp³-hybridized carbons (Fsp3) is 0.600. The van der Waals surface area contributed by atoms with Gasteiger partial charge in [-0.3, -0.25) is 0 Å². The van der Waals surface area contributed by atoms with Crippen LogP contribution in [0, 0.1) is 6.92 Å². The largest absolute Gasteiger partial charge is 0.493 e. The second-order valence-electron chi connectivity index (χ2n) is 4.78. The Morgan fingerprint density at radius 1 is 1.12 bits per heavy atom. The number of nitrogens with one attached hydrogen (secondary N) is 1. The number of rotatable bonds is 8. The van der Waals surface area contributed by atoms with Crippen molar-refractivity contribution in [2.24, 2.45) is 0 Å². The minimum atomic E-state index is 0.596. The van der Waals surface area contributed by atoms with Gasteiger partial charge in [0.2, 0.25) is 0 Å². The van der Waals surface area contributed by atoms with E-state index in [0.29, 0.717) is 6.04 Å². The maximum Gasteiger partial charge on any atom is 0.122 e. The lowest BCUT2D eigenvalue weighted by Gasteiger charge is -2.09. The summed E-state index contributed by atoms with van der Waals surface area (Å²) in [4.78, 5) is 0. The van der Waals surface area contributed by atoms with Gasteiger partial charge in [0.15, 0.2) is 0 Å². The molecule has 0 bridgehead atoms. The first-order valence-electron chi connectivity index (χ1n) is 6.62. The zero-order valence-electron chi connectivity index (χ0n) is 11.3. The summed E-state index contributed by atoms with van der Waals surface area (Å²) in [7, 11) is 0. The Bertz CT molecular complexity index is 310. The molecule has 17 heavy (non-hydrogen) atoms. The molecule has 0 aromatic heterocycles. The van der Waals surface area contributed by atoms with E-state index in [1.807, 2.05) is 18.2 Å². The van der Waals surface area contributed by atoms with Crippen LogP contribution in [-0.2, 0) is 0 Å². The average molecular weight is 235 g/mol. The number of ether oxygens (including phenoxy) is 1. The SMILES string of the molecule is Cc1ccccc1OCCCCCNC(C)C. The molecule has 1 N–H and O–H groups in total. The zero-order valence-corrected chi connectivity index (χ0v) is 11.3. The summed E-state index contributed by atoms with van der Waals surface area (Å²) < 4.78 is 5.74. The second-order valence-corrected chi connectivity index (χ2v) is 4.78. The summed E-state index contributed by atoms with van der Waals surface area (Å²) in [6, 6.07) is 8.78. The third kappa shape index (κ3) is 6.32. The number of para-hydroxylation sites is 1. The highest BCUT2D eigenvalue weighted by Crippen LogP contribution is 2.16. The molecule has 0 heterocycles. The van der Waals surface area contributed by atoms with Crippen molar-refractivity contribution < 1.29 is 4.74 Å². The summed E-state index contributed by atoms with van der Waals surface area (Å²) in [5.74, 6) is 1.02. The lowest BCUT2D eigenvalue weighted by Crippen LogP contribution is -2.23. The number of unbranched alkanes of at least 4 members (excludes halogenated alkanes) is 2. The van der Waals surface area contributed by atoms with Crippen LogP contribution in [0.2, 0.25) is 0 Å². The Kier molecular flexibility index (Phi) is 6.71. The van der Waals surface area contributed by atoms with Gasteiger partial charge in [0, 0.05) is 6.04 Å². The van der Waals surface area contributed by atoms with Crippen molar-refractivity contribution in [3.05, 3.63) is 29.8 Å². The average Bonchev–Trinajstić information content (AvgIpc) is 2.30. The Morgan fingerprint density at radius 2 is 1.88 bits per heavy atom. The molecule has 0 unspecified atom stereocenters. The van der Waals surface area contributed by atoms with E-state index in [4.69, 9.17) is 4.74 Å². The minimum Gasteiger partial charge on any atom is -0.493 e. The lowest BCUT2D eigenvalue weighted by atomic mass is 10.2.